The molecule has 2 fully saturated rings. The zero-order valence-corrected chi connectivity index (χ0v) is 24.9. The number of piperidine rings is 1. The number of hydrogen-bond acceptors (Lipinski definition) is 7. The monoisotopic (exact) mass is 590 g/mol. The van der Waals surface area contributed by atoms with Crippen LogP contribution in [0.3, 0.4) is 0 Å². The average Bonchev–Trinajstić information content (AvgIpc) is 3.40. The Labute approximate surface area is 245 Å². The van der Waals surface area contributed by atoms with Gasteiger partial charge < -0.3 is 25.2 Å². The van der Waals surface area contributed by atoms with E-state index in [1.165, 1.54) is 7.11 Å². The van der Waals surface area contributed by atoms with Crippen LogP contribution in [0, 0.1) is 11.8 Å². The van der Waals surface area contributed by atoms with Crippen molar-refractivity contribution in [2.75, 3.05) is 39.6 Å². The van der Waals surface area contributed by atoms with Crippen LogP contribution in [0.25, 0.3) is 0 Å². The van der Waals surface area contributed by atoms with Gasteiger partial charge in [-0.15, -0.1) is 0 Å². The topological polar surface area (TPSA) is 99.7 Å². The summed E-state index contributed by atoms with van der Waals surface area (Å²) >= 11 is 0. The van der Waals surface area contributed by atoms with Crippen LogP contribution < -0.4 is 15.4 Å². The lowest BCUT2D eigenvalue weighted by molar-refractivity contribution is -0.138. The number of aromatic nitrogens is 2. The molecule has 230 valence electrons. The summed E-state index contributed by atoms with van der Waals surface area (Å²) in [6, 6.07) is 4.98. The molecule has 1 aliphatic carbocycles. The van der Waals surface area contributed by atoms with E-state index in [2.05, 4.69) is 32.5 Å². The summed E-state index contributed by atoms with van der Waals surface area (Å²) in [6.07, 6.45) is 0.00824. The SMILES string of the molecule is COc1cc(Nc2ncc(C(F)(F)F)c(C[C@@H]3CCC[C@@H]3C(=O)NC(C)C)n2)ccc1C(=O)N(C)C1CCN(C)CC1. The largest absolute Gasteiger partial charge is 0.496 e. The Bertz CT molecular complexity index is 1260. The zero-order valence-electron chi connectivity index (χ0n) is 24.9. The Morgan fingerprint density at radius 1 is 1.17 bits per heavy atom. The maximum atomic E-state index is 13.9. The van der Waals surface area contributed by atoms with E-state index in [1.807, 2.05) is 13.8 Å². The van der Waals surface area contributed by atoms with Gasteiger partial charge in [0.25, 0.3) is 5.91 Å². The number of nitrogens with zero attached hydrogens (tertiary/aromatic N) is 4. The van der Waals surface area contributed by atoms with Crippen LogP contribution in [0.2, 0.25) is 0 Å². The molecular formula is C30H41F3N6O3. The Morgan fingerprint density at radius 3 is 2.52 bits per heavy atom. The molecule has 2 atom stereocenters. The van der Waals surface area contributed by atoms with Gasteiger partial charge in [-0.25, -0.2) is 9.97 Å². The van der Waals surface area contributed by atoms with Crippen LogP contribution in [0.4, 0.5) is 24.8 Å². The average molecular weight is 591 g/mol. The van der Waals surface area contributed by atoms with E-state index in [4.69, 9.17) is 4.74 Å². The Kier molecular flexibility index (Phi) is 9.96. The van der Waals surface area contributed by atoms with Crippen molar-refractivity contribution in [3.8, 4) is 5.75 Å². The van der Waals surface area contributed by atoms with E-state index in [0.29, 0.717) is 29.8 Å². The first-order valence-electron chi connectivity index (χ1n) is 14.5. The van der Waals surface area contributed by atoms with E-state index in [-0.39, 0.29) is 53.8 Å². The summed E-state index contributed by atoms with van der Waals surface area (Å²) in [5.41, 5.74) is -0.192. The third-order valence-corrected chi connectivity index (χ3v) is 8.30. The smallest absolute Gasteiger partial charge is 0.419 e. The maximum absolute atomic E-state index is 13.9. The summed E-state index contributed by atoms with van der Waals surface area (Å²) in [7, 11) is 5.32. The third kappa shape index (κ3) is 7.50. The summed E-state index contributed by atoms with van der Waals surface area (Å²) in [4.78, 5) is 38.2. The van der Waals surface area contributed by atoms with E-state index in [1.54, 1.807) is 30.1 Å². The molecule has 2 aromatic rings. The number of halogens is 3. The van der Waals surface area contributed by atoms with Crippen molar-refractivity contribution in [3.63, 3.8) is 0 Å². The minimum atomic E-state index is -4.63. The molecule has 9 nitrogen and oxygen atoms in total. The van der Waals surface area contributed by atoms with Gasteiger partial charge in [-0.05, 0) is 84.1 Å². The van der Waals surface area contributed by atoms with Crippen LogP contribution in [0.1, 0.15) is 67.6 Å². The Morgan fingerprint density at radius 2 is 1.88 bits per heavy atom. The van der Waals surface area contributed by atoms with Gasteiger partial charge in [0.2, 0.25) is 11.9 Å². The van der Waals surface area contributed by atoms with Gasteiger partial charge in [-0.3, -0.25) is 9.59 Å². The number of hydrogen-bond donors (Lipinski definition) is 2. The fourth-order valence-corrected chi connectivity index (χ4v) is 5.95. The molecule has 1 saturated heterocycles. The molecule has 4 rings (SSSR count). The van der Waals surface area contributed by atoms with E-state index < -0.39 is 11.7 Å². The lowest BCUT2D eigenvalue weighted by atomic mass is 9.89. The number of benzene rings is 1. The van der Waals surface area contributed by atoms with Gasteiger partial charge in [-0.1, -0.05) is 6.42 Å². The van der Waals surface area contributed by atoms with E-state index in [0.717, 1.165) is 38.5 Å². The van der Waals surface area contributed by atoms with Crippen molar-refractivity contribution in [3.05, 3.63) is 41.2 Å². The summed E-state index contributed by atoms with van der Waals surface area (Å²) in [5, 5.41) is 5.86. The van der Waals surface area contributed by atoms with Crippen LogP contribution in [0.5, 0.6) is 5.75 Å². The van der Waals surface area contributed by atoms with Gasteiger partial charge in [-0.2, -0.15) is 13.2 Å². The van der Waals surface area contributed by atoms with Gasteiger partial charge in [0.1, 0.15) is 5.75 Å². The molecule has 2 amide bonds. The normalized spacial score (nSPS) is 20.0. The first-order chi connectivity index (χ1) is 19.9. The number of carbonyl (C=O) groups is 2. The fraction of sp³-hybridized carbons (Fsp3) is 0.600. The highest BCUT2D eigenvalue weighted by atomic mass is 19.4. The van der Waals surface area contributed by atoms with Crippen molar-refractivity contribution in [1.29, 1.82) is 0 Å². The van der Waals surface area contributed by atoms with Crippen LogP contribution in [0.15, 0.2) is 24.4 Å². The minimum absolute atomic E-state index is 0.0104. The predicted molar refractivity (Wildman–Crippen MR) is 154 cm³/mol. The first kappa shape index (κ1) is 31.5. The van der Waals surface area contributed by atoms with Crippen LogP contribution in [-0.2, 0) is 17.4 Å². The molecule has 12 heteroatoms. The molecule has 2 heterocycles. The Hall–Kier alpha value is -3.41. The molecule has 2 aliphatic rings. The lowest BCUT2D eigenvalue weighted by Gasteiger charge is -2.35. The number of rotatable bonds is 9. The van der Waals surface area contributed by atoms with Crippen molar-refractivity contribution in [2.24, 2.45) is 11.8 Å². The van der Waals surface area contributed by atoms with Crippen molar-refractivity contribution in [2.45, 2.75) is 70.6 Å². The second-order valence-electron chi connectivity index (χ2n) is 11.7. The molecule has 2 N–H and O–H groups in total. The Balaban J connectivity index is 1.54. The highest BCUT2D eigenvalue weighted by Gasteiger charge is 2.39. The first-order valence-corrected chi connectivity index (χ1v) is 14.5. The highest BCUT2D eigenvalue weighted by molar-refractivity contribution is 5.97. The number of likely N-dealkylation sites (tertiary alicyclic amines) is 1. The maximum Gasteiger partial charge on any atom is 0.419 e. The van der Waals surface area contributed by atoms with Crippen LogP contribution >= 0.6 is 0 Å². The van der Waals surface area contributed by atoms with Gasteiger partial charge in [0, 0.05) is 43.0 Å². The minimum Gasteiger partial charge on any atom is -0.496 e. The predicted octanol–water partition coefficient (Wildman–Crippen LogP) is 4.90. The standard InChI is InChI=1S/C30H41F3N6O3/c1-18(2)35-27(40)22-8-6-7-19(22)15-25-24(30(31,32)33)17-34-29(37-25)36-20-9-10-23(26(16-20)42-5)28(41)39(4)21-11-13-38(3)14-12-21/h9-10,16-19,21-22H,6-8,11-15H2,1-5H3,(H,35,40)(H,34,36,37)/t19-,22-/m0/s1. The summed E-state index contributed by atoms with van der Waals surface area (Å²) in [5.74, 6) is -0.572. The number of methoxy groups -OCH3 is 1. The number of ether oxygens (including phenoxy) is 1. The van der Waals surface area contributed by atoms with Crippen molar-refractivity contribution >= 4 is 23.5 Å². The van der Waals surface area contributed by atoms with Gasteiger partial charge in [0.15, 0.2) is 0 Å². The fourth-order valence-electron chi connectivity index (χ4n) is 5.95. The number of anilines is 2. The second-order valence-corrected chi connectivity index (χ2v) is 11.7. The van der Waals surface area contributed by atoms with E-state index >= 15 is 0 Å². The third-order valence-electron chi connectivity index (χ3n) is 8.30. The summed E-state index contributed by atoms with van der Waals surface area (Å²) in [6.45, 7) is 5.56. The quantitative estimate of drug-likeness (QED) is 0.429. The molecule has 42 heavy (non-hydrogen) atoms. The molecule has 0 spiro atoms. The second kappa shape index (κ2) is 13.3. The molecule has 1 aliphatic heterocycles. The molecule has 0 bridgehead atoms. The highest BCUT2D eigenvalue weighted by Crippen LogP contribution is 2.38. The van der Waals surface area contributed by atoms with Gasteiger partial charge in [0.05, 0.1) is 23.9 Å². The van der Waals surface area contributed by atoms with E-state index in [9.17, 15) is 22.8 Å². The van der Waals surface area contributed by atoms with Crippen LogP contribution in [-0.4, -0.2) is 78.0 Å². The number of amides is 2. The molecule has 0 unspecified atom stereocenters. The molecule has 1 saturated carbocycles. The number of carbonyl (C=O) groups excluding carboxylic acids is 2. The molecule has 1 aromatic carbocycles. The number of nitrogens with one attached hydrogen (secondary N) is 2. The lowest BCUT2D eigenvalue weighted by Crippen LogP contribution is -2.44. The van der Waals surface area contributed by atoms with Crippen molar-refractivity contribution < 1.29 is 27.5 Å². The van der Waals surface area contributed by atoms with Gasteiger partial charge >= 0.3 is 6.18 Å². The summed E-state index contributed by atoms with van der Waals surface area (Å²) < 4.78 is 47.2. The molecule has 0 radical (unpaired) electrons. The molecule has 1 aromatic heterocycles. The molecular weight excluding hydrogens is 549 g/mol. The number of alkyl halides is 3. The zero-order chi connectivity index (χ0) is 30.6. The van der Waals surface area contributed by atoms with Crippen molar-refractivity contribution in [1.82, 2.24) is 25.1 Å².